The highest BCUT2D eigenvalue weighted by Gasteiger charge is 2.17. The number of carbonyl (C=O) groups is 1. The first kappa shape index (κ1) is 13.6. The summed E-state index contributed by atoms with van der Waals surface area (Å²) in [5.41, 5.74) is 2.58. The van der Waals surface area contributed by atoms with Gasteiger partial charge in [0.1, 0.15) is 17.0 Å². The fraction of sp³-hybridized carbons (Fsp3) is 0.214. The van der Waals surface area contributed by atoms with Gasteiger partial charge >= 0.3 is 0 Å². The lowest BCUT2D eigenvalue weighted by atomic mass is 10.2. The Bertz CT molecular complexity index is 802. The smallest absolute Gasteiger partial charge is 0.257 e. The van der Waals surface area contributed by atoms with E-state index in [-0.39, 0.29) is 5.91 Å². The molecule has 3 rings (SSSR count). The maximum Gasteiger partial charge on any atom is 0.257 e. The van der Waals surface area contributed by atoms with Gasteiger partial charge in [0.2, 0.25) is 0 Å². The molecule has 0 unspecified atom stereocenters. The van der Waals surface area contributed by atoms with Crippen LogP contribution >= 0.6 is 11.6 Å². The molecule has 0 aliphatic heterocycles. The number of halogens is 1. The Morgan fingerprint density at radius 2 is 2.19 bits per heavy atom. The van der Waals surface area contributed by atoms with E-state index in [1.807, 2.05) is 16.7 Å². The number of nitrogens with one attached hydrogen (secondary N) is 1. The van der Waals surface area contributed by atoms with Crippen LogP contribution in [-0.4, -0.2) is 20.4 Å². The number of hydrogen-bond acceptors (Lipinski definition) is 4. The van der Waals surface area contributed by atoms with Gasteiger partial charge in [-0.1, -0.05) is 16.8 Å². The lowest BCUT2D eigenvalue weighted by Gasteiger charge is -2.01. The van der Waals surface area contributed by atoms with Crippen LogP contribution in [0.25, 0.3) is 5.65 Å². The van der Waals surface area contributed by atoms with Gasteiger partial charge in [0, 0.05) is 12.4 Å². The highest BCUT2D eigenvalue weighted by Crippen LogP contribution is 2.13. The van der Waals surface area contributed by atoms with Gasteiger partial charge in [-0.3, -0.25) is 4.79 Å². The second kappa shape index (κ2) is 5.21. The number of carbonyl (C=O) groups excluding carboxylic acids is 1. The molecule has 0 spiro atoms. The van der Waals surface area contributed by atoms with Gasteiger partial charge in [-0.05, 0) is 26.0 Å². The topological polar surface area (TPSA) is 72.4 Å². The van der Waals surface area contributed by atoms with Gasteiger partial charge in [0.05, 0.1) is 23.0 Å². The minimum Gasteiger partial charge on any atom is -0.361 e. The van der Waals surface area contributed by atoms with E-state index in [1.165, 1.54) is 0 Å². The molecule has 21 heavy (non-hydrogen) atoms. The Hall–Kier alpha value is -2.34. The lowest BCUT2D eigenvalue weighted by Crippen LogP contribution is -2.24. The summed E-state index contributed by atoms with van der Waals surface area (Å²) in [7, 11) is 0. The Kier molecular flexibility index (Phi) is 3.39. The molecule has 0 radical (unpaired) electrons. The second-order valence-corrected chi connectivity index (χ2v) is 5.16. The summed E-state index contributed by atoms with van der Waals surface area (Å²) >= 11 is 5.92. The first-order valence-electron chi connectivity index (χ1n) is 6.39. The highest BCUT2D eigenvalue weighted by atomic mass is 35.5. The molecule has 3 aromatic rings. The molecule has 6 nitrogen and oxygen atoms in total. The van der Waals surface area contributed by atoms with Crippen LogP contribution < -0.4 is 5.32 Å². The number of imidazole rings is 1. The van der Waals surface area contributed by atoms with Crippen molar-refractivity contribution in [3.05, 3.63) is 52.3 Å². The van der Waals surface area contributed by atoms with Crippen molar-refractivity contribution >= 4 is 23.2 Å². The van der Waals surface area contributed by atoms with E-state index < -0.39 is 0 Å². The van der Waals surface area contributed by atoms with Crippen molar-refractivity contribution in [2.24, 2.45) is 0 Å². The Labute approximate surface area is 125 Å². The van der Waals surface area contributed by atoms with E-state index in [9.17, 15) is 4.79 Å². The van der Waals surface area contributed by atoms with Gasteiger partial charge in [0.15, 0.2) is 0 Å². The van der Waals surface area contributed by atoms with Gasteiger partial charge in [-0.25, -0.2) is 4.98 Å². The number of aryl methyl sites for hydroxylation is 2. The van der Waals surface area contributed by atoms with Crippen molar-refractivity contribution in [1.82, 2.24) is 19.9 Å². The number of fused-ring (bicyclic) bond motifs is 1. The molecule has 0 fully saturated rings. The van der Waals surface area contributed by atoms with E-state index in [4.69, 9.17) is 16.1 Å². The molecule has 0 aliphatic carbocycles. The molecule has 108 valence electrons. The SMILES string of the molecule is Cc1noc(C)c1C(=O)NCc1cn2cc(Cl)ccc2n1. The largest absolute Gasteiger partial charge is 0.361 e. The van der Waals surface area contributed by atoms with E-state index in [0.29, 0.717) is 28.6 Å². The van der Waals surface area contributed by atoms with Crippen LogP contribution in [0.2, 0.25) is 5.02 Å². The number of amides is 1. The zero-order chi connectivity index (χ0) is 15.0. The number of nitrogens with zero attached hydrogens (tertiary/aromatic N) is 3. The molecule has 3 aromatic heterocycles. The van der Waals surface area contributed by atoms with Crippen LogP contribution in [0.5, 0.6) is 0 Å². The zero-order valence-electron chi connectivity index (χ0n) is 11.6. The average molecular weight is 305 g/mol. The highest BCUT2D eigenvalue weighted by molar-refractivity contribution is 6.30. The van der Waals surface area contributed by atoms with E-state index in [0.717, 1.165) is 11.3 Å². The zero-order valence-corrected chi connectivity index (χ0v) is 12.3. The maximum atomic E-state index is 12.1. The van der Waals surface area contributed by atoms with Crippen molar-refractivity contribution in [2.45, 2.75) is 20.4 Å². The summed E-state index contributed by atoms with van der Waals surface area (Å²) in [6, 6.07) is 3.60. The van der Waals surface area contributed by atoms with Gasteiger partial charge < -0.3 is 14.2 Å². The van der Waals surface area contributed by atoms with Crippen LogP contribution in [0.1, 0.15) is 27.5 Å². The van der Waals surface area contributed by atoms with E-state index in [2.05, 4.69) is 15.5 Å². The summed E-state index contributed by atoms with van der Waals surface area (Å²) in [5, 5.41) is 7.21. The quantitative estimate of drug-likeness (QED) is 0.807. The van der Waals surface area contributed by atoms with Crippen molar-refractivity contribution in [3.63, 3.8) is 0 Å². The number of pyridine rings is 1. The Morgan fingerprint density at radius 3 is 2.90 bits per heavy atom. The third-order valence-corrected chi connectivity index (χ3v) is 3.38. The molecule has 7 heteroatoms. The summed E-state index contributed by atoms with van der Waals surface area (Å²) in [6.07, 6.45) is 3.60. The molecule has 3 heterocycles. The third-order valence-electron chi connectivity index (χ3n) is 3.16. The number of rotatable bonds is 3. The maximum absolute atomic E-state index is 12.1. The van der Waals surface area contributed by atoms with Gasteiger partial charge in [0.25, 0.3) is 5.91 Å². The molecule has 0 aromatic carbocycles. The lowest BCUT2D eigenvalue weighted by molar-refractivity contribution is 0.0948. The molecule has 0 saturated heterocycles. The fourth-order valence-corrected chi connectivity index (χ4v) is 2.34. The van der Waals surface area contributed by atoms with E-state index in [1.54, 1.807) is 26.1 Å². The minimum atomic E-state index is -0.221. The van der Waals surface area contributed by atoms with Crippen LogP contribution in [0.15, 0.2) is 29.0 Å². The molecular formula is C14H13ClN4O2. The summed E-state index contributed by atoms with van der Waals surface area (Å²) in [4.78, 5) is 16.5. The minimum absolute atomic E-state index is 0.221. The monoisotopic (exact) mass is 304 g/mol. The number of hydrogen-bond donors (Lipinski definition) is 1. The number of aromatic nitrogens is 3. The normalized spacial score (nSPS) is 11.0. The molecule has 0 bridgehead atoms. The van der Waals surface area contributed by atoms with Crippen LogP contribution in [0.4, 0.5) is 0 Å². The van der Waals surface area contributed by atoms with Crippen molar-refractivity contribution in [3.8, 4) is 0 Å². The Morgan fingerprint density at radius 1 is 1.38 bits per heavy atom. The standard InChI is InChI=1S/C14H13ClN4O2/c1-8-13(9(2)21-18-8)14(20)16-5-11-7-19-6-10(15)3-4-12(19)17-11/h3-4,6-7H,5H2,1-2H3,(H,16,20). The first-order valence-corrected chi connectivity index (χ1v) is 6.76. The van der Waals surface area contributed by atoms with Crippen molar-refractivity contribution in [1.29, 1.82) is 0 Å². The van der Waals surface area contributed by atoms with Crippen LogP contribution in [-0.2, 0) is 6.54 Å². The van der Waals surface area contributed by atoms with E-state index >= 15 is 0 Å². The second-order valence-electron chi connectivity index (χ2n) is 4.73. The molecule has 0 aliphatic rings. The van der Waals surface area contributed by atoms with Crippen LogP contribution in [0, 0.1) is 13.8 Å². The third kappa shape index (κ3) is 2.62. The van der Waals surface area contributed by atoms with Crippen LogP contribution in [0.3, 0.4) is 0 Å². The molecule has 0 saturated carbocycles. The average Bonchev–Trinajstić information content (AvgIpc) is 2.99. The van der Waals surface area contributed by atoms with Gasteiger partial charge in [-0.15, -0.1) is 0 Å². The first-order chi connectivity index (χ1) is 10.0. The summed E-state index contributed by atoms with van der Waals surface area (Å²) in [6.45, 7) is 3.77. The van der Waals surface area contributed by atoms with Crippen molar-refractivity contribution < 1.29 is 9.32 Å². The molecule has 1 N–H and O–H groups in total. The molecule has 0 atom stereocenters. The van der Waals surface area contributed by atoms with Gasteiger partial charge in [-0.2, -0.15) is 0 Å². The fourth-order valence-electron chi connectivity index (χ4n) is 2.17. The molecular weight excluding hydrogens is 292 g/mol. The Balaban J connectivity index is 1.76. The summed E-state index contributed by atoms with van der Waals surface area (Å²) in [5.74, 6) is 0.285. The van der Waals surface area contributed by atoms with Crippen molar-refractivity contribution in [2.75, 3.05) is 0 Å². The molecule has 1 amide bonds. The predicted octanol–water partition coefficient (Wildman–Crippen LogP) is 2.52. The predicted molar refractivity (Wildman–Crippen MR) is 77.3 cm³/mol. The summed E-state index contributed by atoms with van der Waals surface area (Å²) < 4.78 is 6.80.